The number of hydrogen-bond donors (Lipinski definition) is 3. The Kier molecular flexibility index (Phi) is 12.3. The molecule has 0 aliphatic carbocycles. The summed E-state index contributed by atoms with van der Waals surface area (Å²) in [5, 5.41) is 15.5. The summed E-state index contributed by atoms with van der Waals surface area (Å²) in [6.45, 7) is 4.09. The largest absolute Gasteiger partial charge is 0.457 e. The molecule has 8 nitrogen and oxygen atoms in total. The third-order valence-electron chi connectivity index (χ3n) is 9.95. The van der Waals surface area contributed by atoms with Crippen LogP contribution in [-0.2, 0) is 29.2 Å². The Bertz CT molecular complexity index is 2110. The highest BCUT2D eigenvalue weighted by atomic mass is 16.7. The Balaban J connectivity index is 1.02. The zero-order chi connectivity index (χ0) is 38.0. The fourth-order valence-electron chi connectivity index (χ4n) is 6.95. The number of para-hydroxylation sites is 1. The quantitative estimate of drug-likeness (QED) is 0.110. The van der Waals surface area contributed by atoms with Gasteiger partial charge in [0.1, 0.15) is 11.5 Å². The first kappa shape index (κ1) is 37.5. The number of likely N-dealkylation sites (N-methyl/N-ethyl adjacent to an activating group) is 1. The number of amides is 2. The molecule has 0 radical (unpaired) electrons. The number of nitrogens with zero attached hydrogens (tertiary/aromatic N) is 1. The van der Waals surface area contributed by atoms with Crippen molar-refractivity contribution in [1.29, 1.82) is 0 Å². The number of nitrogens with one attached hydrogen (secondary N) is 2. The van der Waals surface area contributed by atoms with E-state index in [9.17, 15) is 9.90 Å². The Hall–Kier alpha value is -5.77. The molecule has 0 bridgehead atoms. The van der Waals surface area contributed by atoms with Crippen molar-refractivity contribution in [2.75, 3.05) is 18.9 Å². The van der Waals surface area contributed by atoms with Gasteiger partial charge in [-0.05, 0) is 76.8 Å². The van der Waals surface area contributed by atoms with Crippen LogP contribution in [0.3, 0.4) is 0 Å². The third-order valence-corrected chi connectivity index (χ3v) is 9.95. The van der Waals surface area contributed by atoms with Gasteiger partial charge < -0.3 is 30.0 Å². The first-order chi connectivity index (χ1) is 26.9. The number of ether oxygens (including phenoxy) is 3. The van der Waals surface area contributed by atoms with Crippen LogP contribution in [0.15, 0.2) is 158 Å². The third kappa shape index (κ3) is 9.86. The molecule has 1 fully saturated rings. The summed E-state index contributed by atoms with van der Waals surface area (Å²) >= 11 is 0. The van der Waals surface area contributed by atoms with Gasteiger partial charge in [0.15, 0.2) is 6.29 Å². The number of rotatable bonds is 13. The average molecular weight is 734 g/mol. The normalized spacial score (nSPS) is 18.1. The van der Waals surface area contributed by atoms with Crippen molar-refractivity contribution in [3.05, 3.63) is 186 Å². The Morgan fingerprint density at radius 1 is 0.709 bits per heavy atom. The fraction of sp³-hybridized carbons (Fsp3) is 0.213. The predicted octanol–water partition coefficient (Wildman–Crippen LogP) is 9.88. The molecule has 7 rings (SSSR count). The first-order valence-corrected chi connectivity index (χ1v) is 18.7. The van der Waals surface area contributed by atoms with Crippen molar-refractivity contribution in [1.82, 2.24) is 10.2 Å². The molecule has 55 heavy (non-hydrogen) atoms. The summed E-state index contributed by atoms with van der Waals surface area (Å²) in [4.78, 5) is 15.2. The van der Waals surface area contributed by atoms with Crippen LogP contribution in [0.2, 0.25) is 0 Å². The number of benzene rings is 6. The molecule has 280 valence electrons. The second kappa shape index (κ2) is 18.0. The number of hydrogen-bond acceptors (Lipinski definition) is 6. The minimum absolute atomic E-state index is 0.000774. The van der Waals surface area contributed by atoms with E-state index < -0.39 is 6.29 Å². The van der Waals surface area contributed by atoms with Crippen LogP contribution in [0, 0.1) is 5.92 Å². The fourth-order valence-corrected chi connectivity index (χ4v) is 6.95. The highest BCUT2D eigenvalue weighted by Crippen LogP contribution is 2.42. The van der Waals surface area contributed by atoms with Crippen LogP contribution in [0.25, 0.3) is 11.1 Å². The topological polar surface area (TPSA) is 92.3 Å². The molecule has 4 unspecified atom stereocenters. The number of urea groups is 1. The van der Waals surface area contributed by atoms with Gasteiger partial charge in [0.25, 0.3) is 0 Å². The van der Waals surface area contributed by atoms with Gasteiger partial charge in [-0.1, -0.05) is 128 Å². The molecule has 1 saturated heterocycles. The van der Waals surface area contributed by atoms with E-state index in [2.05, 4.69) is 84.1 Å². The molecular formula is C47H47N3O5. The molecule has 2 amide bonds. The standard InChI is InChI=1S/C47H47N3O5/c1-33-44(31-50(2)30-34-11-5-3-6-12-34)54-46(55-45(33)37-19-17-35(32-51)18-20-37)38-23-21-36(22-24-38)43-16-10-9-13-39(43)29-48-47(52)49-40-25-27-42(28-26-40)53-41-14-7-4-8-15-41/h3-28,33,44-46,51H,29-32H2,1-2H3,(H2,48,49,52). The van der Waals surface area contributed by atoms with Crippen LogP contribution in [0.4, 0.5) is 10.5 Å². The maximum absolute atomic E-state index is 12.9. The van der Waals surface area contributed by atoms with E-state index in [-0.39, 0.29) is 30.8 Å². The number of aliphatic hydroxyl groups is 1. The number of carbonyl (C=O) groups excluding carboxylic acids is 1. The molecule has 4 atom stereocenters. The van der Waals surface area contributed by atoms with Crippen molar-refractivity contribution in [3.63, 3.8) is 0 Å². The summed E-state index contributed by atoms with van der Waals surface area (Å²) in [5.41, 5.74) is 7.81. The molecule has 0 saturated carbocycles. The Morgan fingerprint density at radius 2 is 1.35 bits per heavy atom. The molecule has 3 N–H and O–H groups in total. The van der Waals surface area contributed by atoms with Crippen LogP contribution in [0.5, 0.6) is 11.5 Å². The molecule has 8 heteroatoms. The summed E-state index contributed by atoms with van der Waals surface area (Å²) in [6, 6.07) is 51.4. The van der Waals surface area contributed by atoms with Crippen LogP contribution < -0.4 is 15.4 Å². The molecule has 1 heterocycles. The maximum atomic E-state index is 12.9. The van der Waals surface area contributed by atoms with E-state index in [1.807, 2.05) is 103 Å². The Morgan fingerprint density at radius 3 is 2.05 bits per heavy atom. The second-order valence-electron chi connectivity index (χ2n) is 14.0. The minimum atomic E-state index is -0.567. The monoisotopic (exact) mass is 733 g/mol. The molecule has 6 aromatic carbocycles. The number of aliphatic hydroxyl groups excluding tert-OH is 1. The van der Waals surface area contributed by atoms with Gasteiger partial charge >= 0.3 is 6.03 Å². The lowest BCUT2D eigenvalue weighted by Crippen LogP contribution is -2.43. The van der Waals surface area contributed by atoms with Gasteiger partial charge in [-0.15, -0.1) is 0 Å². The minimum Gasteiger partial charge on any atom is -0.457 e. The number of anilines is 1. The second-order valence-corrected chi connectivity index (χ2v) is 14.0. The first-order valence-electron chi connectivity index (χ1n) is 18.7. The van der Waals surface area contributed by atoms with Gasteiger partial charge in [-0.3, -0.25) is 4.90 Å². The SMILES string of the molecule is CC1C(CN(C)Cc2ccccc2)OC(c2ccc(-c3ccccc3CNC(=O)Nc3ccc(Oc4ccccc4)cc3)cc2)OC1c1ccc(CO)cc1. The lowest BCUT2D eigenvalue weighted by molar-refractivity contribution is -0.276. The van der Waals surface area contributed by atoms with Crippen LogP contribution in [0.1, 0.15) is 47.1 Å². The summed E-state index contributed by atoms with van der Waals surface area (Å²) < 4.78 is 19.3. The van der Waals surface area contributed by atoms with Crippen LogP contribution >= 0.6 is 0 Å². The van der Waals surface area contributed by atoms with E-state index >= 15 is 0 Å². The van der Waals surface area contributed by atoms with E-state index in [0.29, 0.717) is 18.0 Å². The van der Waals surface area contributed by atoms with Gasteiger partial charge in [0.2, 0.25) is 0 Å². The lowest BCUT2D eigenvalue weighted by Gasteiger charge is -2.42. The summed E-state index contributed by atoms with van der Waals surface area (Å²) in [6.07, 6.45) is -0.851. The molecular weight excluding hydrogens is 687 g/mol. The van der Waals surface area contributed by atoms with Crippen molar-refractivity contribution in [2.45, 2.75) is 45.1 Å². The smallest absolute Gasteiger partial charge is 0.319 e. The highest BCUT2D eigenvalue weighted by Gasteiger charge is 2.38. The Labute approximate surface area is 323 Å². The van der Waals surface area contributed by atoms with Crippen molar-refractivity contribution < 1.29 is 24.1 Å². The van der Waals surface area contributed by atoms with Gasteiger partial charge in [0.05, 0.1) is 18.8 Å². The molecule has 1 aliphatic heterocycles. The van der Waals surface area contributed by atoms with Crippen LogP contribution in [-0.4, -0.2) is 35.7 Å². The predicted molar refractivity (Wildman–Crippen MR) is 216 cm³/mol. The van der Waals surface area contributed by atoms with Gasteiger partial charge in [-0.2, -0.15) is 0 Å². The average Bonchev–Trinajstić information content (AvgIpc) is 3.22. The van der Waals surface area contributed by atoms with Crippen molar-refractivity contribution in [2.24, 2.45) is 5.92 Å². The molecule has 6 aromatic rings. The molecule has 1 aliphatic rings. The summed E-state index contributed by atoms with van der Waals surface area (Å²) in [7, 11) is 2.13. The van der Waals surface area contributed by atoms with Crippen molar-refractivity contribution >= 4 is 11.7 Å². The van der Waals surface area contributed by atoms with Crippen molar-refractivity contribution in [3.8, 4) is 22.6 Å². The van der Waals surface area contributed by atoms with E-state index in [0.717, 1.165) is 52.2 Å². The molecule has 0 aromatic heterocycles. The maximum Gasteiger partial charge on any atom is 0.319 e. The highest BCUT2D eigenvalue weighted by molar-refractivity contribution is 5.89. The van der Waals surface area contributed by atoms with E-state index in [4.69, 9.17) is 14.2 Å². The van der Waals surface area contributed by atoms with Gasteiger partial charge in [-0.25, -0.2) is 4.79 Å². The zero-order valence-electron chi connectivity index (χ0n) is 31.2. The van der Waals surface area contributed by atoms with E-state index in [1.165, 1.54) is 5.56 Å². The zero-order valence-corrected chi connectivity index (χ0v) is 31.2. The number of carbonyl (C=O) groups is 1. The molecule has 0 spiro atoms. The van der Waals surface area contributed by atoms with E-state index in [1.54, 1.807) is 0 Å². The van der Waals surface area contributed by atoms with Gasteiger partial charge in [0, 0.05) is 36.8 Å². The lowest BCUT2D eigenvalue weighted by atomic mass is 9.90. The summed E-state index contributed by atoms with van der Waals surface area (Å²) in [5.74, 6) is 1.52.